The van der Waals surface area contributed by atoms with Crippen molar-refractivity contribution in [2.45, 2.75) is 5.92 Å². The van der Waals surface area contributed by atoms with Crippen LogP contribution in [-0.2, 0) is 23.8 Å². The molecule has 1 heterocycles. The third kappa shape index (κ3) is 5.32. The van der Waals surface area contributed by atoms with Gasteiger partial charge < -0.3 is 23.8 Å². The van der Waals surface area contributed by atoms with Crippen LogP contribution in [-0.4, -0.2) is 51.3 Å². The summed E-state index contributed by atoms with van der Waals surface area (Å²) in [6, 6.07) is 16.6. The molecule has 0 radical (unpaired) electrons. The number of nitrogens with zero attached hydrogens (tertiary/aromatic N) is 1. The maximum absolute atomic E-state index is 12.6. The number of benzene rings is 2. The van der Waals surface area contributed by atoms with Gasteiger partial charge in [0.05, 0.1) is 37.9 Å². The van der Waals surface area contributed by atoms with Crippen molar-refractivity contribution >= 4 is 11.9 Å². The Morgan fingerprint density at radius 1 is 0.839 bits per heavy atom. The van der Waals surface area contributed by atoms with E-state index < -0.39 is 17.9 Å². The van der Waals surface area contributed by atoms with E-state index in [0.29, 0.717) is 41.4 Å². The third-order valence-corrected chi connectivity index (χ3v) is 4.80. The summed E-state index contributed by atoms with van der Waals surface area (Å²) in [6.45, 7) is 0.877. The maximum atomic E-state index is 12.6. The van der Waals surface area contributed by atoms with Crippen LogP contribution in [0.25, 0.3) is 0 Å². The van der Waals surface area contributed by atoms with Crippen LogP contribution in [0.15, 0.2) is 78.1 Å². The number of hydrogen-bond acceptors (Lipinski definition) is 7. The van der Waals surface area contributed by atoms with Gasteiger partial charge in [0.2, 0.25) is 0 Å². The molecule has 3 rings (SSSR count). The van der Waals surface area contributed by atoms with Gasteiger partial charge in [-0.05, 0) is 29.8 Å². The topological polar surface area (TPSA) is 74.3 Å². The fraction of sp³-hybridized carbons (Fsp3) is 0.250. The van der Waals surface area contributed by atoms with Crippen molar-refractivity contribution in [1.29, 1.82) is 0 Å². The van der Waals surface area contributed by atoms with Crippen LogP contribution in [0.1, 0.15) is 11.5 Å². The molecule has 0 saturated heterocycles. The number of esters is 2. The molecule has 0 aliphatic carbocycles. The number of ether oxygens (including phenoxy) is 4. The molecule has 1 aliphatic heterocycles. The molecule has 0 fully saturated rings. The van der Waals surface area contributed by atoms with E-state index in [1.807, 2.05) is 48.5 Å². The molecule has 1 aliphatic rings. The van der Waals surface area contributed by atoms with Crippen molar-refractivity contribution in [3.8, 4) is 11.5 Å². The molecule has 0 saturated carbocycles. The Morgan fingerprint density at radius 2 is 1.45 bits per heavy atom. The van der Waals surface area contributed by atoms with Crippen molar-refractivity contribution in [3.63, 3.8) is 0 Å². The summed E-state index contributed by atoms with van der Waals surface area (Å²) < 4.78 is 21.1. The molecule has 0 spiro atoms. The highest BCUT2D eigenvalue weighted by atomic mass is 16.5. The normalized spacial score (nSPS) is 13.8. The first-order valence-electron chi connectivity index (χ1n) is 9.75. The van der Waals surface area contributed by atoms with E-state index in [-0.39, 0.29) is 0 Å². The van der Waals surface area contributed by atoms with Crippen molar-refractivity contribution in [1.82, 2.24) is 4.90 Å². The average molecular weight is 423 g/mol. The van der Waals surface area contributed by atoms with Gasteiger partial charge in [-0.1, -0.05) is 30.3 Å². The lowest BCUT2D eigenvalue weighted by molar-refractivity contribution is -0.137. The van der Waals surface area contributed by atoms with E-state index in [9.17, 15) is 9.59 Å². The van der Waals surface area contributed by atoms with E-state index in [0.717, 1.165) is 0 Å². The van der Waals surface area contributed by atoms with E-state index in [1.54, 1.807) is 30.5 Å². The van der Waals surface area contributed by atoms with Crippen molar-refractivity contribution in [2.75, 3.05) is 34.5 Å². The Hall–Kier alpha value is -3.58. The van der Waals surface area contributed by atoms with Crippen LogP contribution in [0.2, 0.25) is 0 Å². The summed E-state index contributed by atoms with van der Waals surface area (Å²) in [6.07, 6.45) is 3.35. The Balaban J connectivity index is 2.02. The molecule has 162 valence electrons. The Bertz CT molecular complexity index is 949. The first-order chi connectivity index (χ1) is 15.1. The van der Waals surface area contributed by atoms with Crippen LogP contribution < -0.4 is 4.74 Å². The first kappa shape index (κ1) is 22.1. The molecule has 2 aromatic rings. The van der Waals surface area contributed by atoms with Crippen LogP contribution in [0.4, 0.5) is 0 Å². The second-order valence-corrected chi connectivity index (χ2v) is 6.80. The van der Waals surface area contributed by atoms with E-state index in [4.69, 9.17) is 18.9 Å². The highest BCUT2D eigenvalue weighted by Crippen LogP contribution is 2.38. The average Bonchev–Trinajstić information content (AvgIpc) is 2.81. The molecule has 0 aromatic heterocycles. The van der Waals surface area contributed by atoms with Crippen LogP contribution in [0.5, 0.6) is 11.5 Å². The molecule has 0 bridgehead atoms. The van der Waals surface area contributed by atoms with Gasteiger partial charge in [0, 0.05) is 26.1 Å². The minimum absolute atomic E-state index is 0.318. The zero-order valence-electron chi connectivity index (χ0n) is 17.7. The number of hydrogen-bond donors (Lipinski definition) is 0. The smallest absolute Gasteiger partial charge is 0.336 e. The molecule has 0 amide bonds. The molecule has 31 heavy (non-hydrogen) atoms. The Morgan fingerprint density at radius 3 is 2.03 bits per heavy atom. The van der Waals surface area contributed by atoms with Gasteiger partial charge >= 0.3 is 11.9 Å². The minimum Gasteiger partial charge on any atom is -0.466 e. The van der Waals surface area contributed by atoms with Gasteiger partial charge in [0.1, 0.15) is 11.5 Å². The van der Waals surface area contributed by atoms with Gasteiger partial charge in [0.15, 0.2) is 0 Å². The lowest BCUT2D eigenvalue weighted by atomic mass is 9.83. The number of rotatable bonds is 8. The highest BCUT2D eigenvalue weighted by Gasteiger charge is 2.35. The number of methoxy groups -OCH3 is 3. The van der Waals surface area contributed by atoms with Gasteiger partial charge in [-0.3, -0.25) is 0 Å². The second kappa shape index (κ2) is 10.4. The Kier molecular flexibility index (Phi) is 7.45. The second-order valence-electron chi connectivity index (χ2n) is 6.80. The van der Waals surface area contributed by atoms with E-state index in [1.165, 1.54) is 14.2 Å². The van der Waals surface area contributed by atoms with Crippen LogP contribution >= 0.6 is 0 Å². The Labute approximate surface area is 181 Å². The van der Waals surface area contributed by atoms with E-state index in [2.05, 4.69) is 0 Å². The summed E-state index contributed by atoms with van der Waals surface area (Å²) in [7, 11) is 4.20. The monoisotopic (exact) mass is 423 g/mol. The van der Waals surface area contributed by atoms with Gasteiger partial charge in [-0.25, -0.2) is 9.59 Å². The molecule has 7 nitrogen and oxygen atoms in total. The summed E-state index contributed by atoms with van der Waals surface area (Å²) in [5.41, 5.74) is 1.34. The van der Waals surface area contributed by atoms with E-state index >= 15 is 0 Å². The quantitative estimate of drug-likeness (QED) is 0.600. The number of carbonyl (C=O) groups excluding carboxylic acids is 2. The predicted molar refractivity (Wildman–Crippen MR) is 114 cm³/mol. The van der Waals surface area contributed by atoms with Crippen molar-refractivity contribution in [2.24, 2.45) is 0 Å². The molecular formula is C24H25NO6. The summed E-state index contributed by atoms with van der Waals surface area (Å²) in [4.78, 5) is 27.0. The SMILES string of the molecule is COCCN1C=C(C(=O)OC)C(c2cccc(Oc3ccccc3)c2)C(C(=O)OC)=C1. The zero-order valence-corrected chi connectivity index (χ0v) is 17.7. The lowest BCUT2D eigenvalue weighted by Gasteiger charge is -2.30. The summed E-state index contributed by atoms with van der Waals surface area (Å²) in [5.74, 6) is -0.467. The third-order valence-electron chi connectivity index (χ3n) is 4.80. The molecule has 0 unspecified atom stereocenters. The first-order valence-corrected chi connectivity index (χ1v) is 9.75. The lowest BCUT2D eigenvalue weighted by Crippen LogP contribution is -2.30. The fourth-order valence-electron chi connectivity index (χ4n) is 3.36. The largest absolute Gasteiger partial charge is 0.466 e. The maximum Gasteiger partial charge on any atom is 0.336 e. The summed E-state index contributed by atoms with van der Waals surface area (Å²) >= 11 is 0. The van der Waals surface area contributed by atoms with Gasteiger partial charge in [-0.2, -0.15) is 0 Å². The molecule has 2 aromatic carbocycles. The molecule has 0 N–H and O–H groups in total. The highest BCUT2D eigenvalue weighted by molar-refractivity contribution is 5.98. The zero-order chi connectivity index (χ0) is 22.2. The number of para-hydroxylation sites is 1. The molecule has 0 atom stereocenters. The summed E-state index contributed by atoms with van der Waals surface area (Å²) in [5, 5.41) is 0. The minimum atomic E-state index is -0.669. The fourth-order valence-corrected chi connectivity index (χ4v) is 3.36. The van der Waals surface area contributed by atoms with Gasteiger partial charge in [0.25, 0.3) is 0 Å². The molecule has 7 heteroatoms. The standard InChI is InChI=1S/C24H25NO6/c1-28-13-12-25-15-20(23(26)29-2)22(21(16-25)24(27)30-3)17-8-7-11-19(14-17)31-18-9-5-4-6-10-18/h4-11,14-16,22H,12-13H2,1-3H3. The number of carbonyl (C=O) groups is 2. The predicted octanol–water partition coefficient (Wildman–Crippen LogP) is 3.64. The van der Waals surface area contributed by atoms with Gasteiger partial charge in [-0.15, -0.1) is 0 Å². The van der Waals surface area contributed by atoms with Crippen molar-refractivity contribution in [3.05, 3.63) is 83.7 Å². The molecular weight excluding hydrogens is 398 g/mol. The van der Waals surface area contributed by atoms with Crippen LogP contribution in [0.3, 0.4) is 0 Å². The van der Waals surface area contributed by atoms with Crippen molar-refractivity contribution < 1.29 is 28.5 Å². The van der Waals surface area contributed by atoms with Crippen LogP contribution in [0, 0.1) is 0 Å².